The third kappa shape index (κ3) is 3.48. The quantitative estimate of drug-likeness (QED) is 0.475. The number of nitriles is 3. The third-order valence-corrected chi connectivity index (χ3v) is 5.20. The number of allylic oxidation sites excluding steroid dienone is 2. The van der Waals surface area contributed by atoms with Gasteiger partial charge in [-0.25, -0.2) is 0 Å². The van der Waals surface area contributed by atoms with Crippen molar-refractivity contribution in [2.24, 2.45) is 0 Å². The van der Waals surface area contributed by atoms with Crippen LogP contribution in [0.1, 0.15) is 34.0 Å². The first-order valence-electron chi connectivity index (χ1n) is 7.33. The van der Waals surface area contributed by atoms with Crippen molar-refractivity contribution in [2.75, 3.05) is 0 Å². The minimum Gasteiger partial charge on any atom is -0.480 e. The summed E-state index contributed by atoms with van der Waals surface area (Å²) in [6.07, 6.45) is 4.18. The molecule has 1 aliphatic heterocycles. The minimum atomic E-state index is -0.878. The number of ether oxygens (including phenoxy) is 1. The van der Waals surface area contributed by atoms with Gasteiger partial charge in [-0.1, -0.05) is 12.7 Å². The molecule has 26 heavy (non-hydrogen) atoms. The fourth-order valence-electron chi connectivity index (χ4n) is 2.47. The summed E-state index contributed by atoms with van der Waals surface area (Å²) in [5.41, 5.74) is 0.0610. The topological polar surface area (TPSA) is 97.7 Å². The molecule has 0 saturated carbocycles. The minimum absolute atomic E-state index is 0.00802. The van der Waals surface area contributed by atoms with Gasteiger partial charge in [0.1, 0.15) is 29.4 Å². The lowest BCUT2D eigenvalue weighted by Gasteiger charge is -2.20. The van der Waals surface area contributed by atoms with Crippen molar-refractivity contribution in [3.63, 3.8) is 0 Å². The normalized spacial score (nSPS) is 15.2. The fourth-order valence-corrected chi connectivity index (χ4v) is 3.63. The average molecular weight is 379 g/mol. The van der Waals surface area contributed by atoms with Crippen molar-refractivity contribution < 1.29 is 9.53 Å². The lowest BCUT2D eigenvalue weighted by atomic mass is 9.94. The van der Waals surface area contributed by atoms with E-state index in [1.165, 1.54) is 11.3 Å². The molecular weight excluding hydrogens is 366 g/mol. The van der Waals surface area contributed by atoms with Crippen LogP contribution in [0.15, 0.2) is 41.2 Å². The SMILES string of the molecule is C=C(S)c1sc(/C=C/C2=C(C#N)C(=C(C#N)C#N)OC2(C)C)cc1C=O. The Morgan fingerprint density at radius 2 is 1.96 bits per heavy atom. The van der Waals surface area contributed by atoms with E-state index < -0.39 is 5.60 Å². The van der Waals surface area contributed by atoms with Crippen molar-refractivity contribution in [1.82, 2.24) is 0 Å². The maximum absolute atomic E-state index is 11.2. The van der Waals surface area contributed by atoms with Gasteiger partial charge < -0.3 is 4.74 Å². The van der Waals surface area contributed by atoms with Crippen LogP contribution >= 0.6 is 24.0 Å². The van der Waals surface area contributed by atoms with E-state index in [-0.39, 0.29) is 16.9 Å². The molecule has 0 fully saturated rings. The van der Waals surface area contributed by atoms with E-state index in [0.29, 0.717) is 20.9 Å². The number of carbonyl (C=O) groups is 1. The van der Waals surface area contributed by atoms with Crippen molar-refractivity contribution >= 4 is 41.2 Å². The molecule has 5 nitrogen and oxygen atoms in total. The largest absolute Gasteiger partial charge is 0.480 e. The summed E-state index contributed by atoms with van der Waals surface area (Å²) in [6, 6.07) is 7.22. The molecule has 1 aromatic rings. The summed E-state index contributed by atoms with van der Waals surface area (Å²) >= 11 is 5.53. The summed E-state index contributed by atoms with van der Waals surface area (Å²) < 4.78 is 5.69. The van der Waals surface area contributed by atoms with Gasteiger partial charge >= 0.3 is 0 Å². The molecule has 7 heteroatoms. The summed E-state index contributed by atoms with van der Waals surface area (Å²) in [7, 11) is 0. The zero-order valence-electron chi connectivity index (χ0n) is 14.0. The van der Waals surface area contributed by atoms with E-state index in [1.54, 1.807) is 44.2 Å². The average Bonchev–Trinajstić information content (AvgIpc) is 3.12. The maximum Gasteiger partial charge on any atom is 0.172 e. The smallest absolute Gasteiger partial charge is 0.172 e. The lowest BCUT2D eigenvalue weighted by molar-refractivity contribution is 0.0954. The lowest BCUT2D eigenvalue weighted by Crippen LogP contribution is -2.20. The number of thiophene rings is 1. The molecule has 2 heterocycles. The highest BCUT2D eigenvalue weighted by Gasteiger charge is 2.38. The number of carbonyl (C=O) groups excluding carboxylic acids is 1. The molecule has 0 radical (unpaired) electrons. The highest BCUT2D eigenvalue weighted by atomic mass is 32.1. The van der Waals surface area contributed by atoms with Crippen LogP contribution in [0.25, 0.3) is 11.0 Å². The predicted octanol–water partition coefficient (Wildman–Crippen LogP) is 4.40. The molecule has 2 rings (SSSR count). The Morgan fingerprint density at radius 1 is 1.31 bits per heavy atom. The summed E-state index contributed by atoms with van der Waals surface area (Å²) in [5, 5.41) is 27.6. The van der Waals surface area contributed by atoms with Gasteiger partial charge in [0.25, 0.3) is 0 Å². The van der Waals surface area contributed by atoms with Crippen LogP contribution in [-0.4, -0.2) is 11.9 Å². The predicted molar refractivity (Wildman–Crippen MR) is 103 cm³/mol. The second-order valence-corrected chi connectivity index (χ2v) is 7.40. The Bertz CT molecular complexity index is 1000. The monoisotopic (exact) mass is 379 g/mol. The number of thiol groups is 1. The highest BCUT2D eigenvalue weighted by Crippen LogP contribution is 2.40. The van der Waals surface area contributed by atoms with Gasteiger partial charge in [0, 0.05) is 20.9 Å². The summed E-state index contributed by atoms with van der Waals surface area (Å²) in [5.74, 6) is -0.00802. The molecule has 0 aromatic carbocycles. The van der Waals surface area contributed by atoms with Crippen LogP contribution in [0.5, 0.6) is 0 Å². The molecule has 0 saturated heterocycles. The first-order valence-corrected chi connectivity index (χ1v) is 8.59. The second kappa shape index (κ2) is 7.45. The van der Waals surface area contributed by atoms with Crippen molar-refractivity contribution in [3.8, 4) is 18.2 Å². The zero-order valence-corrected chi connectivity index (χ0v) is 15.7. The van der Waals surface area contributed by atoms with E-state index in [1.807, 2.05) is 6.07 Å². The molecule has 1 aromatic heterocycles. The van der Waals surface area contributed by atoms with Gasteiger partial charge in [-0.05, 0) is 26.0 Å². The number of aldehydes is 1. The zero-order chi connectivity index (χ0) is 19.5. The molecular formula is C19H13N3O2S2. The first-order chi connectivity index (χ1) is 12.3. The number of hydrogen-bond acceptors (Lipinski definition) is 7. The van der Waals surface area contributed by atoms with Crippen molar-refractivity contribution in [1.29, 1.82) is 15.8 Å². The summed E-state index contributed by atoms with van der Waals surface area (Å²) in [4.78, 5) is 13.1. The van der Waals surface area contributed by atoms with Crippen LogP contribution in [0.2, 0.25) is 0 Å². The molecule has 0 amide bonds. The Kier molecular flexibility index (Phi) is 5.53. The van der Waals surface area contributed by atoms with Crippen molar-refractivity contribution in [3.05, 3.63) is 56.5 Å². The Hall–Kier alpha value is -3.05. The molecule has 0 aliphatic carbocycles. The molecule has 0 atom stereocenters. The van der Waals surface area contributed by atoms with Crippen LogP contribution < -0.4 is 0 Å². The highest BCUT2D eigenvalue weighted by molar-refractivity contribution is 7.90. The van der Waals surface area contributed by atoms with Gasteiger partial charge in [-0.15, -0.1) is 24.0 Å². The van der Waals surface area contributed by atoms with Gasteiger partial charge in [-0.3, -0.25) is 4.79 Å². The summed E-state index contributed by atoms with van der Waals surface area (Å²) in [6.45, 7) is 7.22. The number of nitrogens with zero attached hydrogens (tertiary/aromatic N) is 3. The van der Waals surface area contributed by atoms with Crippen LogP contribution in [0.4, 0.5) is 0 Å². The number of hydrogen-bond donors (Lipinski definition) is 1. The van der Waals surface area contributed by atoms with Crippen LogP contribution in [0, 0.1) is 34.0 Å². The van der Waals surface area contributed by atoms with Crippen LogP contribution in [0.3, 0.4) is 0 Å². The molecule has 1 aliphatic rings. The number of rotatable bonds is 4. The standard InChI is InChI=1S/C19H13N3O2S2/c1-11(25)18-12(10-23)6-14(26-18)4-5-16-15(9-22)17(13(7-20)8-21)24-19(16,2)3/h4-6,10,25H,1H2,2-3H3/b5-4+. The maximum atomic E-state index is 11.2. The van der Waals surface area contributed by atoms with Crippen molar-refractivity contribution in [2.45, 2.75) is 19.4 Å². The third-order valence-electron chi connectivity index (χ3n) is 3.65. The van der Waals surface area contributed by atoms with E-state index in [4.69, 9.17) is 15.3 Å². The van der Waals surface area contributed by atoms with E-state index in [2.05, 4.69) is 19.2 Å². The Labute approximate surface area is 160 Å². The second-order valence-electron chi connectivity index (χ2n) is 5.77. The first kappa shape index (κ1) is 19.3. The fraction of sp³-hybridized carbons (Fsp3) is 0.158. The Morgan fingerprint density at radius 3 is 2.42 bits per heavy atom. The van der Waals surface area contributed by atoms with E-state index in [0.717, 1.165) is 11.2 Å². The van der Waals surface area contributed by atoms with Crippen LogP contribution in [-0.2, 0) is 4.74 Å². The van der Waals surface area contributed by atoms with Gasteiger partial charge in [0.15, 0.2) is 17.6 Å². The molecule has 128 valence electrons. The van der Waals surface area contributed by atoms with Gasteiger partial charge in [0.05, 0.1) is 4.88 Å². The van der Waals surface area contributed by atoms with Gasteiger partial charge in [-0.2, -0.15) is 15.8 Å². The van der Waals surface area contributed by atoms with Gasteiger partial charge in [0.2, 0.25) is 0 Å². The Balaban J connectivity index is 2.57. The van der Waals surface area contributed by atoms with E-state index in [9.17, 15) is 10.1 Å². The molecule has 0 spiro atoms. The molecule has 0 N–H and O–H groups in total. The van der Waals surface area contributed by atoms with E-state index >= 15 is 0 Å². The molecule has 0 bridgehead atoms. The molecule has 0 unspecified atom stereocenters.